The van der Waals surface area contributed by atoms with E-state index in [1.165, 1.54) is 11.9 Å². The fourth-order valence-corrected chi connectivity index (χ4v) is 1.67. The van der Waals surface area contributed by atoms with E-state index in [4.69, 9.17) is 0 Å². The first-order valence-corrected chi connectivity index (χ1v) is 5.63. The first-order chi connectivity index (χ1) is 9.27. The number of nitrogens with zero attached hydrogens (tertiary/aromatic N) is 4. The monoisotopic (exact) mass is 287 g/mol. The Morgan fingerprint density at radius 3 is 2.70 bits per heavy atom. The van der Waals surface area contributed by atoms with Crippen molar-refractivity contribution in [2.24, 2.45) is 7.05 Å². The molecule has 1 N–H and O–H groups in total. The minimum Gasteiger partial charge on any atom is -0.336 e. The minimum atomic E-state index is -4.55. The van der Waals surface area contributed by atoms with Gasteiger partial charge in [-0.3, -0.25) is 14.6 Å². The molecule has 2 aromatic heterocycles. The minimum absolute atomic E-state index is 0.237. The van der Waals surface area contributed by atoms with Gasteiger partial charge in [0.2, 0.25) is 0 Å². The highest BCUT2D eigenvalue weighted by Gasteiger charge is 2.34. The van der Waals surface area contributed by atoms with Crippen LogP contribution < -0.4 is 0 Å². The summed E-state index contributed by atoms with van der Waals surface area (Å²) in [5, 5.41) is 9.15. The van der Waals surface area contributed by atoms with Crippen LogP contribution in [0.15, 0.2) is 18.5 Å². The highest BCUT2D eigenvalue weighted by atomic mass is 19.4. The van der Waals surface area contributed by atoms with Gasteiger partial charge in [-0.25, -0.2) is 0 Å². The summed E-state index contributed by atoms with van der Waals surface area (Å²) in [4.78, 5) is 13.2. The smallest absolute Gasteiger partial charge is 0.336 e. The molecular weight excluding hydrogens is 275 g/mol. The zero-order valence-corrected chi connectivity index (χ0v) is 10.8. The molecule has 0 bridgehead atoms. The largest absolute Gasteiger partial charge is 0.432 e. The van der Waals surface area contributed by atoms with Gasteiger partial charge in [0, 0.05) is 38.5 Å². The molecule has 0 aliphatic rings. The molecule has 0 aromatic carbocycles. The van der Waals surface area contributed by atoms with Crippen molar-refractivity contribution in [1.82, 2.24) is 24.9 Å². The van der Waals surface area contributed by atoms with Gasteiger partial charge >= 0.3 is 6.18 Å². The molecule has 0 atom stereocenters. The number of aryl methyl sites for hydroxylation is 1. The van der Waals surface area contributed by atoms with Gasteiger partial charge < -0.3 is 4.90 Å². The molecule has 0 saturated heterocycles. The van der Waals surface area contributed by atoms with Gasteiger partial charge in [-0.15, -0.1) is 0 Å². The van der Waals surface area contributed by atoms with Gasteiger partial charge in [-0.1, -0.05) is 0 Å². The lowest BCUT2D eigenvalue weighted by Gasteiger charge is -2.14. The van der Waals surface area contributed by atoms with Gasteiger partial charge in [0.25, 0.3) is 5.91 Å². The van der Waals surface area contributed by atoms with Crippen LogP contribution in [0.25, 0.3) is 0 Å². The van der Waals surface area contributed by atoms with E-state index in [2.05, 4.69) is 10.2 Å². The number of nitrogens with one attached hydrogen (secondary N) is 1. The molecule has 1 amide bonds. The van der Waals surface area contributed by atoms with E-state index >= 15 is 0 Å². The highest BCUT2D eigenvalue weighted by Crippen LogP contribution is 2.27. The van der Waals surface area contributed by atoms with Crippen molar-refractivity contribution in [3.63, 3.8) is 0 Å². The van der Waals surface area contributed by atoms with Crippen LogP contribution in [0.1, 0.15) is 21.7 Å². The number of aromatic amines is 1. The Morgan fingerprint density at radius 2 is 2.20 bits per heavy atom. The van der Waals surface area contributed by atoms with E-state index in [1.807, 2.05) is 5.10 Å². The van der Waals surface area contributed by atoms with E-state index in [9.17, 15) is 18.0 Å². The van der Waals surface area contributed by atoms with Crippen molar-refractivity contribution >= 4 is 5.91 Å². The Morgan fingerprint density at radius 1 is 1.50 bits per heavy atom. The van der Waals surface area contributed by atoms with Crippen LogP contribution in [0, 0.1) is 0 Å². The fraction of sp³-hybridized carbons (Fsp3) is 0.364. The predicted octanol–water partition coefficient (Wildman–Crippen LogP) is 1.43. The van der Waals surface area contributed by atoms with Crippen LogP contribution in [0.5, 0.6) is 0 Å². The quantitative estimate of drug-likeness (QED) is 0.928. The number of hydrogen-bond donors (Lipinski definition) is 1. The molecule has 0 aliphatic heterocycles. The molecule has 2 heterocycles. The number of rotatable bonds is 3. The lowest BCUT2D eigenvalue weighted by atomic mass is 10.3. The van der Waals surface area contributed by atoms with Gasteiger partial charge in [-0.05, 0) is 0 Å². The number of halogens is 3. The highest BCUT2D eigenvalue weighted by molar-refractivity contribution is 5.92. The van der Waals surface area contributed by atoms with Crippen molar-refractivity contribution < 1.29 is 18.0 Å². The Hall–Kier alpha value is -2.32. The molecule has 0 saturated carbocycles. The second-order valence-electron chi connectivity index (χ2n) is 4.35. The van der Waals surface area contributed by atoms with Crippen LogP contribution >= 0.6 is 0 Å². The molecule has 2 rings (SSSR count). The number of carbonyl (C=O) groups excluding carboxylic acids is 1. The van der Waals surface area contributed by atoms with Crippen LogP contribution in [0.3, 0.4) is 0 Å². The van der Waals surface area contributed by atoms with E-state index in [0.29, 0.717) is 6.07 Å². The summed E-state index contributed by atoms with van der Waals surface area (Å²) in [7, 11) is 3.21. The molecule has 0 aliphatic carbocycles. The second-order valence-corrected chi connectivity index (χ2v) is 4.35. The van der Waals surface area contributed by atoms with Gasteiger partial charge in [0.15, 0.2) is 5.69 Å². The number of aromatic nitrogens is 4. The molecule has 108 valence electrons. The number of hydrogen-bond acceptors (Lipinski definition) is 3. The standard InChI is InChI=1S/C11H12F3N5O/c1-18(5-7-4-15-19(2)6-7)10(20)8-3-9(17-16-8)11(12,13)14/h3-4,6H,5H2,1-2H3,(H,16,17). The van der Waals surface area contributed by atoms with Crippen LogP contribution in [0.4, 0.5) is 13.2 Å². The molecular formula is C11H12F3N5O. The summed E-state index contributed by atoms with van der Waals surface area (Å²) in [6.45, 7) is 0.237. The van der Waals surface area contributed by atoms with Crippen molar-refractivity contribution in [2.45, 2.75) is 12.7 Å². The summed E-state index contributed by atoms with van der Waals surface area (Å²) >= 11 is 0. The van der Waals surface area contributed by atoms with Crippen molar-refractivity contribution in [3.8, 4) is 0 Å². The first kappa shape index (κ1) is 14.1. The maximum Gasteiger partial charge on any atom is 0.432 e. The molecule has 2 aromatic rings. The molecule has 9 heteroatoms. The lowest BCUT2D eigenvalue weighted by molar-refractivity contribution is -0.141. The summed E-state index contributed by atoms with van der Waals surface area (Å²) in [6, 6.07) is 0.697. The molecule has 6 nitrogen and oxygen atoms in total. The predicted molar refractivity (Wildman–Crippen MR) is 62.6 cm³/mol. The maximum absolute atomic E-state index is 12.4. The summed E-state index contributed by atoms with van der Waals surface area (Å²) < 4.78 is 38.8. The van der Waals surface area contributed by atoms with Gasteiger partial charge in [0.1, 0.15) is 5.69 Å². The normalized spacial score (nSPS) is 11.7. The molecule has 20 heavy (non-hydrogen) atoms. The van der Waals surface area contributed by atoms with E-state index in [1.54, 1.807) is 24.1 Å². The third-order valence-electron chi connectivity index (χ3n) is 2.63. The molecule has 0 fully saturated rings. The molecule has 0 spiro atoms. The number of H-pyrrole nitrogens is 1. The maximum atomic E-state index is 12.4. The van der Waals surface area contributed by atoms with Crippen LogP contribution in [-0.2, 0) is 19.8 Å². The SMILES string of the molecule is CN(Cc1cnn(C)c1)C(=O)c1cc(C(F)(F)F)[nH]n1. The van der Waals surface area contributed by atoms with E-state index in [0.717, 1.165) is 5.56 Å². The van der Waals surface area contributed by atoms with Gasteiger partial charge in [-0.2, -0.15) is 23.4 Å². The second kappa shape index (κ2) is 4.99. The third-order valence-corrected chi connectivity index (χ3v) is 2.63. The van der Waals surface area contributed by atoms with E-state index in [-0.39, 0.29) is 12.2 Å². The number of amides is 1. The number of alkyl halides is 3. The third kappa shape index (κ3) is 2.98. The van der Waals surface area contributed by atoms with Crippen LogP contribution in [-0.4, -0.2) is 37.8 Å². The van der Waals surface area contributed by atoms with Gasteiger partial charge in [0.05, 0.1) is 6.20 Å². The Labute approximate surface area is 112 Å². The first-order valence-electron chi connectivity index (χ1n) is 5.63. The average Bonchev–Trinajstić information content (AvgIpc) is 2.96. The summed E-state index contributed by atoms with van der Waals surface area (Å²) in [5.41, 5.74) is -0.547. The van der Waals surface area contributed by atoms with Crippen molar-refractivity contribution in [2.75, 3.05) is 7.05 Å². The average molecular weight is 287 g/mol. The summed E-state index contributed by atoms with van der Waals surface area (Å²) in [6.07, 6.45) is -1.25. The van der Waals surface area contributed by atoms with E-state index < -0.39 is 17.8 Å². The topological polar surface area (TPSA) is 66.8 Å². The fourth-order valence-electron chi connectivity index (χ4n) is 1.67. The van der Waals surface area contributed by atoms with Crippen molar-refractivity contribution in [1.29, 1.82) is 0 Å². The zero-order valence-electron chi connectivity index (χ0n) is 10.8. The summed E-state index contributed by atoms with van der Waals surface area (Å²) in [5.74, 6) is -0.597. The van der Waals surface area contributed by atoms with Crippen LogP contribution in [0.2, 0.25) is 0 Å². The van der Waals surface area contributed by atoms with Crippen molar-refractivity contribution in [3.05, 3.63) is 35.4 Å². The number of carbonyl (C=O) groups is 1. The Kier molecular flexibility index (Phi) is 3.51. The Balaban J connectivity index is 2.09. The molecule has 0 unspecified atom stereocenters. The molecule has 0 radical (unpaired) electrons. The Bertz CT molecular complexity index is 616. The lowest BCUT2D eigenvalue weighted by Crippen LogP contribution is -2.26. The zero-order chi connectivity index (χ0) is 14.9.